The highest BCUT2D eigenvalue weighted by atomic mass is 19.1. The van der Waals surface area contributed by atoms with Crippen molar-refractivity contribution in [2.24, 2.45) is 7.05 Å². The Kier molecular flexibility index (Phi) is 4.13. The molecule has 0 radical (unpaired) electrons. The van der Waals surface area contributed by atoms with Gasteiger partial charge in [-0.2, -0.15) is 5.10 Å². The summed E-state index contributed by atoms with van der Waals surface area (Å²) in [6.45, 7) is 3.30. The number of carbonyl (C=O) groups excluding carboxylic acids is 1. The Hall–Kier alpha value is -2.47. The molecule has 2 aromatic heterocycles. The van der Waals surface area contributed by atoms with Gasteiger partial charge in [0.05, 0.1) is 11.4 Å². The maximum absolute atomic E-state index is 13.4. The lowest BCUT2D eigenvalue weighted by Crippen LogP contribution is -2.37. The summed E-state index contributed by atoms with van der Waals surface area (Å²) in [6.07, 6.45) is 2.66. The number of fused-ring (bicyclic) bond motifs is 1. The number of hydrogen-bond donors (Lipinski definition) is 1. The third kappa shape index (κ3) is 3.22. The maximum atomic E-state index is 13.4. The van der Waals surface area contributed by atoms with Gasteiger partial charge < -0.3 is 9.88 Å². The van der Waals surface area contributed by atoms with Crippen molar-refractivity contribution in [2.45, 2.75) is 19.3 Å². The van der Waals surface area contributed by atoms with Gasteiger partial charge in [-0.05, 0) is 62.8 Å². The van der Waals surface area contributed by atoms with Crippen LogP contribution in [-0.2, 0) is 7.05 Å². The number of aromatic nitrogens is 3. The van der Waals surface area contributed by atoms with E-state index in [4.69, 9.17) is 0 Å². The maximum Gasteiger partial charge on any atom is 0.183 e. The van der Waals surface area contributed by atoms with Gasteiger partial charge in [0.2, 0.25) is 0 Å². The van der Waals surface area contributed by atoms with E-state index in [0.29, 0.717) is 12.1 Å². The number of benzene rings is 1. The number of carbonyl (C=O) groups is 1. The van der Waals surface area contributed by atoms with E-state index < -0.39 is 0 Å². The van der Waals surface area contributed by atoms with Crippen molar-refractivity contribution in [2.75, 3.05) is 19.6 Å². The molecule has 1 aliphatic rings. The van der Waals surface area contributed by atoms with E-state index in [2.05, 4.69) is 15.0 Å². The van der Waals surface area contributed by atoms with E-state index in [-0.39, 0.29) is 11.6 Å². The van der Waals surface area contributed by atoms with E-state index in [1.165, 1.54) is 18.6 Å². The third-order valence-corrected chi connectivity index (χ3v) is 4.85. The summed E-state index contributed by atoms with van der Waals surface area (Å²) in [4.78, 5) is 18.0. The fourth-order valence-electron chi connectivity index (χ4n) is 3.29. The second-order valence-corrected chi connectivity index (χ2v) is 6.67. The molecule has 4 rings (SSSR count). The molecule has 1 fully saturated rings. The minimum absolute atomic E-state index is 0.0736. The van der Waals surface area contributed by atoms with Crippen LogP contribution >= 0.6 is 0 Å². The molecule has 1 saturated heterocycles. The standard InChI is InChI=1S/C19H21FN4O/c1-23-18(16-11-13-10-14(20)5-6-15(13)21-16)12-17(22-23)19(25)4-2-7-24-8-3-9-24/h5-6,10-12,21H,2-4,7-9H2,1H3. The molecule has 0 spiro atoms. The monoisotopic (exact) mass is 340 g/mol. The Bertz CT molecular complexity index is 923. The number of rotatable bonds is 6. The van der Waals surface area contributed by atoms with Crippen LogP contribution in [0.2, 0.25) is 0 Å². The zero-order chi connectivity index (χ0) is 17.4. The predicted octanol–water partition coefficient (Wildman–Crippen LogP) is 3.38. The van der Waals surface area contributed by atoms with Crippen LogP contribution in [0.4, 0.5) is 4.39 Å². The Balaban J connectivity index is 1.51. The van der Waals surface area contributed by atoms with Crippen LogP contribution in [0.3, 0.4) is 0 Å². The van der Waals surface area contributed by atoms with Crippen LogP contribution in [0.1, 0.15) is 29.8 Å². The van der Waals surface area contributed by atoms with Crippen molar-refractivity contribution >= 4 is 16.7 Å². The van der Waals surface area contributed by atoms with Gasteiger partial charge in [0, 0.05) is 24.4 Å². The molecule has 0 unspecified atom stereocenters. The summed E-state index contributed by atoms with van der Waals surface area (Å²) in [5.74, 6) is -0.189. The number of likely N-dealkylation sites (tertiary alicyclic amines) is 1. The predicted molar refractivity (Wildman–Crippen MR) is 95.1 cm³/mol. The van der Waals surface area contributed by atoms with E-state index in [0.717, 1.165) is 48.3 Å². The van der Waals surface area contributed by atoms with Crippen LogP contribution in [0, 0.1) is 5.82 Å². The number of hydrogen-bond acceptors (Lipinski definition) is 3. The van der Waals surface area contributed by atoms with Crippen LogP contribution in [-0.4, -0.2) is 45.1 Å². The van der Waals surface area contributed by atoms with Gasteiger partial charge in [0.15, 0.2) is 5.78 Å². The molecule has 0 bridgehead atoms. The molecule has 0 aliphatic carbocycles. The molecule has 3 heterocycles. The summed E-state index contributed by atoms with van der Waals surface area (Å²) in [7, 11) is 1.82. The van der Waals surface area contributed by atoms with Gasteiger partial charge in [0.1, 0.15) is 11.5 Å². The number of Topliss-reactive ketones (excluding diaryl/α,β-unsaturated/α-hetero) is 1. The molecule has 130 valence electrons. The molecule has 1 N–H and O–H groups in total. The normalized spacial score (nSPS) is 14.8. The van der Waals surface area contributed by atoms with Crippen LogP contribution in [0.15, 0.2) is 30.3 Å². The molecule has 0 amide bonds. The first-order valence-electron chi connectivity index (χ1n) is 8.68. The van der Waals surface area contributed by atoms with E-state index in [9.17, 15) is 9.18 Å². The van der Waals surface area contributed by atoms with Crippen LogP contribution < -0.4 is 0 Å². The minimum atomic E-state index is -0.263. The number of halogens is 1. The van der Waals surface area contributed by atoms with Gasteiger partial charge in [-0.25, -0.2) is 4.39 Å². The highest BCUT2D eigenvalue weighted by Crippen LogP contribution is 2.25. The zero-order valence-corrected chi connectivity index (χ0v) is 14.3. The lowest BCUT2D eigenvalue weighted by Gasteiger charge is -2.30. The van der Waals surface area contributed by atoms with Gasteiger partial charge in [-0.1, -0.05) is 0 Å². The summed E-state index contributed by atoms with van der Waals surface area (Å²) < 4.78 is 15.1. The van der Waals surface area contributed by atoms with Crippen molar-refractivity contribution in [3.05, 3.63) is 41.8 Å². The molecular weight excluding hydrogens is 319 g/mol. The third-order valence-electron chi connectivity index (χ3n) is 4.85. The van der Waals surface area contributed by atoms with Gasteiger partial charge >= 0.3 is 0 Å². The van der Waals surface area contributed by atoms with Crippen LogP contribution in [0.5, 0.6) is 0 Å². The summed E-state index contributed by atoms with van der Waals surface area (Å²) in [5.41, 5.74) is 3.00. The average molecular weight is 340 g/mol. The second-order valence-electron chi connectivity index (χ2n) is 6.67. The molecule has 1 aliphatic heterocycles. The second kappa shape index (κ2) is 6.44. The zero-order valence-electron chi connectivity index (χ0n) is 14.3. The summed E-state index contributed by atoms with van der Waals surface area (Å²) >= 11 is 0. The molecule has 3 aromatic rings. The van der Waals surface area contributed by atoms with Gasteiger partial charge in [-0.3, -0.25) is 9.48 Å². The number of aromatic amines is 1. The molecule has 0 saturated carbocycles. The fraction of sp³-hybridized carbons (Fsp3) is 0.368. The molecule has 6 heteroatoms. The van der Waals surface area contributed by atoms with E-state index >= 15 is 0 Å². The molecule has 0 atom stereocenters. The highest BCUT2D eigenvalue weighted by Gasteiger charge is 2.17. The quantitative estimate of drug-likeness (QED) is 0.700. The number of ketones is 1. The van der Waals surface area contributed by atoms with Gasteiger partial charge in [0.25, 0.3) is 0 Å². The smallest absolute Gasteiger partial charge is 0.183 e. The molecule has 25 heavy (non-hydrogen) atoms. The van der Waals surface area contributed by atoms with Crippen molar-refractivity contribution < 1.29 is 9.18 Å². The Morgan fingerprint density at radius 1 is 1.28 bits per heavy atom. The SMILES string of the molecule is Cn1nc(C(=O)CCCN2CCC2)cc1-c1cc2cc(F)ccc2[nH]1. The lowest BCUT2D eigenvalue weighted by molar-refractivity contribution is 0.0962. The molecule has 1 aromatic carbocycles. The Morgan fingerprint density at radius 3 is 2.88 bits per heavy atom. The minimum Gasteiger partial charge on any atom is -0.353 e. The van der Waals surface area contributed by atoms with Gasteiger partial charge in [-0.15, -0.1) is 0 Å². The van der Waals surface area contributed by atoms with Crippen molar-refractivity contribution in [3.8, 4) is 11.4 Å². The van der Waals surface area contributed by atoms with Crippen molar-refractivity contribution in [1.82, 2.24) is 19.7 Å². The topological polar surface area (TPSA) is 53.9 Å². The largest absolute Gasteiger partial charge is 0.353 e. The summed E-state index contributed by atoms with van der Waals surface area (Å²) in [5, 5.41) is 5.17. The first-order chi connectivity index (χ1) is 12.1. The number of H-pyrrole nitrogens is 1. The summed E-state index contributed by atoms with van der Waals surface area (Å²) in [6, 6.07) is 8.33. The fourth-order valence-corrected chi connectivity index (χ4v) is 3.29. The first-order valence-corrected chi connectivity index (χ1v) is 8.68. The van der Waals surface area contributed by atoms with Crippen molar-refractivity contribution in [1.29, 1.82) is 0 Å². The van der Waals surface area contributed by atoms with E-state index in [1.807, 2.05) is 19.2 Å². The first kappa shape index (κ1) is 16.0. The molecule has 5 nitrogen and oxygen atoms in total. The lowest BCUT2D eigenvalue weighted by atomic mass is 10.1. The molecular formula is C19H21FN4O. The Labute approximate surface area is 145 Å². The highest BCUT2D eigenvalue weighted by molar-refractivity contribution is 5.95. The van der Waals surface area contributed by atoms with E-state index in [1.54, 1.807) is 10.7 Å². The Morgan fingerprint density at radius 2 is 2.12 bits per heavy atom. The number of aryl methyl sites for hydroxylation is 1. The van der Waals surface area contributed by atoms with Crippen molar-refractivity contribution in [3.63, 3.8) is 0 Å². The number of nitrogens with one attached hydrogen (secondary N) is 1. The average Bonchev–Trinajstić information content (AvgIpc) is 3.12. The number of nitrogens with zero attached hydrogens (tertiary/aromatic N) is 3. The van der Waals surface area contributed by atoms with Crippen LogP contribution in [0.25, 0.3) is 22.3 Å².